The molecular formula is C26H23O3P. The largest absolute Gasteiger partial charge is 0.453 e. The van der Waals surface area contributed by atoms with Crippen LogP contribution in [-0.4, -0.2) is 0 Å². The lowest BCUT2D eigenvalue weighted by molar-refractivity contribution is 0.498. The summed E-state index contributed by atoms with van der Waals surface area (Å²) in [5.74, 6) is 0.734. The van der Waals surface area contributed by atoms with E-state index < -0.39 is 8.24 Å². The molecule has 1 heterocycles. The smallest absolute Gasteiger partial charge is 0.391 e. The van der Waals surface area contributed by atoms with E-state index in [2.05, 4.69) is 58.0 Å². The van der Waals surface area contributed by atoms with Crippen LogP contribution in [0.15, 0.2) is 75.1 Å². The SMILES string of the molecule is Cc1ccc2op(Oc3ccc4ccccc4c3)oc3ccc(C)c(C)c3c2c1C. The highest BCUT2D eigenvalue weighted by Gasteiger charge is 2.14. The lowest BCUT2D eigenvalue weighted by Gasteiger charge is -2.07. The second kappa shape index (κ2) is 7.27. The standard InChI is InChI=1S/C26H23O3P/c1-16-9-13-23-25(18(16)3)26-19(4)17(2)10-14-24(26)29-30(28-23)27-22-12-11-20-7-5-6-8-21(20)15-22/h5-15H,1-4H3. The van der Waals surface area contributed by atoms with E-state index >= 15 is 0 Å². The molecule has 30 heavy (non-hydrogen) atoms. The van der Waals surface area contributed by atoms with Crippen LogP contribution in [-0.2, 0) is 0 Å². The summed E-state index contributed by atoms with van der Waals surface area (Å²) in [5, 5.41) is 4.49. The van der Waals surface area contributed by atoms with Gasteiger partial charge in [-0.3, -0.25) is 0 Å². The van der Waals surface area contributed by atoms with E-state index in [4.69, 9.17) is 12.9 Å². The maximum atomic E-state index is 6.31. The van der Waals surface area contributed by atoms with Gasteiger partial charge in [0.2, 0.25) is 0 Å². The van der Waals surface area contributed by atoms with Crippen LogP contribution >= 0.6 is 8.24 Å². The minimum absolute atomic E-state index is 0.734. The third-order valence-electron chi connectivity index (χ3n) is 5.89. The molecule has 0 aliphatic carbocycles. The summed E-state index contributed by atoms with van der Waals surface area (Å²) < 4.78 is 18.8. The van der Waals surface area contributed by atoms with Gasteiger partial charge in [0.1, 0.15) is 16.9 Å². The van der Waals surface area contributed by atoms with Crippen molar-refractivity contribution in [3.8, 4) is 5.75 Å². The molecular weight excluding hydrogens is 391 g/mol. The van der Waals surface area contributed by atoms with Crippen molar-refractivity contribution in [1.82, 2.24) is 0 Å². The van der Waals surface area contributed by atoms with Crippen LogP contribution in [0, 0.1) is 27.7 Å². The highest BCUT2D eigenvalue weighted by Crippen LogP contribution is 2.40. The second-order valence-electron chi connectivity index (χ2n) is 7.77. The Morgan fingerprint density at radius 1 is 0.633 bits per heavy atom. The van der Waals surface area contributed by atoms with Gasteiger partial charge < -0.3 is 12.9 Å². The minimum atomic E-state index is -1.65. The number of fused-ring (bicyclic) bond motifs is 4. The zero-order chi connectivity index (χ0) is 20.8. The van der Waals surface area contributed by atoms with Crippen LogP contribution < -0.4 is 4.52 Å². The summed E-state index contributed by atoms with van der Waals surface area (Å²) in [6, 6.07) is 22.5. The molecule has 4 heteroatoms. The molecule has 0 radical (unpaired) electrons. The Balaban J connectivity index is 1.78. The normalized spacial score (nSPS) is 11.3. The van der Waals surface area contributed by atoms with Gasteiger partial charge in [0, 0.05) is 10.8 Å². The molecule has 5 aromatic rings. The molecule has 0 unspecified atom stereocenters. The van der Waals surface area contributed by atoms with Crippen LogP contribution in [0.3, 0.4) is 0 Å². The Kier molecular flexibility index (Phi) is 4.56. The summed E-state index contributed by atoms with van der Waals surface area (Å²) in [5.41, 5.74) is 6.47. The predicted octanol–water partition coefficient (Wildman–Crippen LogP) is 8.52. The monoisotopic (exact) mass is 414 g/mol. The first kappa shape index (κ1) is 18.8. The Morgan fingerprint density at radius 3 is 1.80 bits per heavy atom. The molecule has 0 spiro atoms. The molecule has 0 atom stereocenters. The number of hydrogen-bond acceptors (Lipinski definition) is 3. The van der Waals surface area contributed by atoms with Crippen molar-refractivity contribution in [2.45, 2.75) is 27.7 Å². The van der Waals surface area contributed by atoms with Gasteiger partial charge in [-0.2, -0.15) is 0 Å². The first-order valence-corrected chi connectivity index (χ1v) is 11.1. The van der Waals surface area contributed by atoms with Crippen molar-refractivity contribution in [2.75, 3.05) is 0 Å². The Morgan fingerprint density at radius 2 is 1.20 bits per heavy atom. The van der Waals surface area contributed by atoms with Gasteiger partial charge in [0.25, 0.3) is 0 Å². The number of benzene rings is 4. The van der Waals surface area contributed by atoms with Crippen LogP contribution in [0.2, 0.25) is 0 Å². The van der Waals surface area contributed by atoms with Gasteiger partial charge in [-0.1, -0.05) is 42.5 Å². The Hall–Kier alpha value is -3.16. The van der Waals surface area contributed by atoms with Crippen LogP contribution in [0.4, 0.5) is 0 Å². The van der Waals surface area contributed by atoms with E-state index in [0.717, 1.165) is 33.1 Å². The third kappa shape index (κ3) is 3.16. The molecule has 0 bridgehead atoms. The molecule has 0 amide bonds. The highest BCUT2D eigenvalue weighted by molar-refractivity contribution is 7.32. The first-order valence-electron chi connectivity index (χ1n) is 10.0. The van der Waals surface area contributed by atoms with Gasteiger partial charge in [0.15, 0.2) is 0 Å². The van der Waals surface area contributed by atoms with Crippen molar-refractivity contribution in [3.05, 3.63) is 89.0 Å². The van der Waals surface area contributed by atoms with Crippen LogP contribution in [0.1, 0.15) is 22.3 Å². The summed E-state index contributed by atoms with van der Waals surface area (Å²) in [6.07, 6.45) is 0. The average molecular weight is 414 g/mol. The Bertz CT molecular complexity index is 1390. The van der Waals surface area contributed by atoms with Crippen LogP contribution in [0.25, 0.3) is 32.7 Å². The quantitative estimate of drug-likeness (QED) is 0.290. The van der Waals surface area contributed by atoms with Gasteiger partial charge in [0.05, 0.1) is 0 Å². The van der Waals surface area contributed by atoms with Gasteiger partial charge in [-0.15, -0.1) is 0 Å². The van der Waals surface area contributed by atoms with E-state index in [1.807, 2.05) is 36.4 Å². The van der Waals surface area contributed by atoms with Gasteiger partial charge in [-0.05, 0) is 85.0 Å². The lowest BCUT2D eigenvalue weighted by atomic mass is 9.97. The lowest BCUT2D eigenvalue weighted by Crippen LogP contribution is -1.87. The van der Waals surface area contributed by atoms with Gasteiger partial charge >= 0.3 is 8.24 Å². The molecule has 1 aromatic heterocycles. The van der Waals surface area contributed by atoms with Crippen molar-refractivity contribution in [3.63, 3.8) is 0 Å². The molecule has 150 valence electrons. The molecule has 0 aliphatic heterocycles. The number of rotatable bonds is 2. The van der Waals surface area contributed by atoms with Crippen molar-refractivity contribution in [2.24, 2.45) is 0 Å². The zero-order valence-corrected chi connectivity index (χ0v) is 18.4. The molecule has 0 saturated heterocycles. The fourth-order valence-electron chi connectivity index (χ4n) is 3.88. The minimum Gasteiger partial charge on any atom is -0.391 e. The molecule has 0 aliphatic rings. The number of aryl methyl sites for hydroxylation is 4. The van der Waals surface area contributed by atoms with Gasteiger partial charge in [-0.25, -0.2) is 0 Å². The molecule has 4 aromatic carbocycles. The maximum Gasteiger partial charge on any atom is 0.453 e. The summed E-state index contributed by atoms with van der Waals surface area (Å²) in [7, 11) is -1.65. The zero-order valence-electron chi connectivity index (χ0n) is 17.5. The van der Waals surface area contributed by atoms with Crippen LogP contribution in [0.5, 0.6) is 5.75 Å². The summed E-state index contributed by atoms with van der Waals surface area (Å²) >= 11 is 0. The van der Waals surface area contributed by atoms with Crippen molar-refractivity contribution < 1.29 is 12.9 Å². The maximum absolute atomic E-state index is 6.31. The molecule has 0 N–H and O–H groups in total. The van der Waals surface area contributed by atoms with Crippen molar-refractivity contribution in [1.29, 1.82) is 0 Å². The predicted molar refractivity (Wildman–Crippen MR) is 125 cm³/mol. The second-order valence-corrected chi connectivity index (χ2v) is 8.76. The fraction of sp³-hybridized carbons (Fsp3) is 0.154. The first-order chi connectivity index (χ1) is 14.5. The van der Waals surface area contributed by atoms with E-state index in [1.54, 1.807) is 0 Å². The topological polar surface area (TPSA) is 35.5 Å². The van der Waals surface area contributed by atoms with E-state index in [9.17, 15) is 0 Å². The van der Waals surface area contributed by atoms with Crippen molar-refractivity contribution >= 4 is 41.0 Å². The fourth-order valence-corrected chi connectivity index (χ4v) is 4.91. The molecule has 5 rings (SSSR count). The third-order valence-corrected chi connectivity index (χ3v) is 6.94. The van der Waals surface area contributed by atoms with E-state index in [-0.39, 0.29) is 0 Å². The summed E-state index contributed by atoms with van der Waals surface area (Å²) in [4.78, 5) is 0. The molecule has 3 nitrogen and oxygen atoms in total. The average Bonchev–Trinajstić information content (AvgIpc) is 2.90. The van der Waals surface area contributed by atoms with E-state index in [0.29, 0.717) is 0 Å². The highest BCUT2D eigenvalue weighted by atomic mass is 31.1. The Labute approximate surface area is 176 Å². The molecule has 0 saturated carbocycles. The number of hydrogen-bond donors (Lipinski definition) is 0. The molecule has 0 fully saturated rings. The summed E-state index contributed by atoms with van der Waals surface area (Å²) in [6.45, 7) is 8.53. The van der Waals surface area contributed by atoms with E-state index in [1.165, 1.54) is 27.6 Å².